The van der Waals surface area contributed by atoms with Gasteiger partial charge in [-0.15, -0.1) is 0 Å². The molecule has 0 aliphatic carbocycles. The zero-order chi connectivity index (χ0) is 10.8. The Morgan fingerprint density at radius 3 is 3.00 bits per heavy atom. The maximum atomic E-state index is 11.3. The Kier molecular flexibility index (Phi) is 2.51. The number of anilines is 1. The number of carbonyl (C=O) groups is 1. The average Bonchev–Trinajstić information content (AvgIpc) is 2.70. The lowest BCUT2D eigenvalue weighted by molar-refractivity contribution is 0.251. The van der Waals surface area contributed by atoms with Gasteiger partial charge in [0, 0.05) is 7.05 Å². The summed E-state index contributed by atoms with van der Waals surface area (Å²) in [4.78, 5) is 11.3. The molecule has 0 aliphatic heterocycles. The van der Waals surface area contributed by atoms with Gasteiger partial charge >= 0.3 is 6.03 Å². The van der Waals surface area contributed by atoms with Gasteiger partial charge in [-0.3, -0.25) is 0 Å². The molecule has 0 fully saturated rings. The summed E-state index contributed by atoms with van der Waals surface area (Å²) in [6, 6.07) is 6.90. The molecule has 2 aromatic rings. The largest absolute Gasteiger partial charge is 0.354 e. The van der Waals surface area contributed by atoms with E-state index < -0.39 is 0 Å². The molecule has 15 heavy (non-hydrogen) atoms. The van der Waals surface area contributed by atoms with Gasteiger partial charge in [0.15, 0.2) is 11.4 Å². The van der Waals surface area contributed by atoms with Crippen LogP contribution in [0.5, 0.6) is 0 Å². The molecule has 0 spiro atoms. The molecule has 6 heteroatoms. The highest BCUT2D eigenvalue weighted by atomic mass is 32.1. The van der Waals surface area contributed by atoms with Crippen molar-refractivity contribution in [2.45, 2.75) is 0 Å². The maximum absolute atomic E-state index is 11.3. The van der Waals surface area contributed by atoms with E-state index >= 15 is 0 Å². The van der Waals surface area contributed by atoms with Crippen molar-refractivity contribution in [2.75, 3.05) is 11.4 Å². The molecule has 0 unspecified atom stereocenters. The highest BCUT2D eigenvalue weighted by Gasteiger charge is 2.17. The van der Waals surface area contributed by atoms with Crippen LogP contribution < -0.4 is 9.62 Å². The van der Waals surface area contributed by atoms with Crippen LogP contribution in [0.25, 0.3) is 11.0 Å². The fourth-order valence-corrected chi connectivity index (χ4v) is 1.47. The van der Waals surface area contributed by atoms with E-state index in [1.807, 2.05) is 18.2 Å². The average molecular weight is 223 g/mol. The molecule has 2 rings (SSSR count). The number of aromatic nitrogens is 1. The SMILES string of the molecule is CNC(=O)N(S)c1noc2ccccc12. The van der Waals surface area contributed by atoms with Gasteiger partial charge in [-0.25, -0.2) is 9.10 Å². The number of urea groups is 1. The summed E-state index contributed by atoms with van der Waals surface area (Å²) in [6.07, 6.45) is 0. The first-order chi connectivity index (χ1) is 7.24. The van der Waals surface area contributed by atoms with Gasteiger partial charge in [0.25, 0.3) is 0 Å². The zero-order valence-electron chi connectivity index (χ0n) is 7.97. The third kappa shape index (κ3) is 1.63. The number of benzene rings is 1. The van der Waals surface area contributed by atoms with Crippen LogP contribution >= 0.6 is 12.8 Å². The first-order valence-electron chi connectivity index (χ1n) is 4.29. The van der Waals surface area contributed by atoms with E-state index in [4.69, 9.17) is 4.52 Å². The normalized spacial score (nSPS) is 10.3. The minimum absolute atomic E-state index is 0.364. The van der Waals surface area contributed by atoms with E-state index in [1.165, 1.54) is 7.05 Å². The molecule has 0 aliphatic rings. The van der Waals surface area contributed by atoms with Gasteiger partial charge in [0.2, 0.25) is 0 Å². The van der Waals surface area contributed by atoms with Crippen LogP contribution in [-0.2, 0) is 0 Å². The topological polar surface area (TPSA) is 58.4 Å². The smallest absolute Gasteiger partial charge is 0.333 e. The molecule has 1 heterocycles. The molecule has 78 valence electrons. The van der Waals surface area contributed by atoms with E-state index in [2.05, 4.69) is 23.3 Å². The van der Waals surface area contributed by atoms with Crippen LogP contribution in [0.4, 0.5) is 10.6 Å². The first kappa shape index (κ1) is 9.85. The van der Waals surface area contributed by atoms with Crippen LogP contribution in [0.15, 0.2) is 28.8 Å². The van der Waals surface area contributed by atoms with E-state index in [1.54, 1.807) is 6.07 Å². The second-order valence-electron chi connectivity index (χ2n) is 2.87. The lowest BCUT2D eigenvalue weighted by atomic mass is 10.2. The van der Waals surface area contributed by atoms with Crippen LogP contribution in [0.1, 0.15) is 0 Å². The number of para-hydroxylation sites is 1. The molecular formula is C9H9N3O2S. The van der Waals surface area contributed by atoms with Gasteiger partial charge in [0.05, 0.1) is 5.39 Å². The summed E-state index contributed by atoms with van der Waals surface area (Å²) in [6.45, 7) is 0. The molecule has 1 aromatic heterocycles. The van der Waals surface area contributed by atoms with E-state index in [0.29, 0.717) is 11.4 Å². The number of hydrogen-bond donors (Lipinski definition) is 2. The van der Waals surface area contributed by atoms with Crippen molar-refractivity contribution >= 4 is 35.6 Å². The Labute approximate surface area is 91.6 Å². The molecule has 0 radical (unpaired) electrons. The Morgan fingerprint density at radius 2 is 2.27 bits per heavy atom. The predicted molar refractivity (Wildman–Crippen MR) is 59.9 cm³/mol. The highest BCUT2D eigenvalue weighted by molar-refractivity contribution is 7.82. The fourth-order valence-electron chi connectivity index (χ4n) is 1.23. The van der Waals surface area contributed by atoms with Crippen LogP contribution in [0, 0.1) is 0 Å². The summed E-state index contributed by atoms with van der Waals surface area (Å²) in [7, 11) is 1.52. The molecular weight excluding hydrogens is 214 g/mol. The van der Waals surface area contributed by atoms with Crippen molar-refractivity contribution in [3.63, 3.8) is 0 Å². The highest BCUT2D eigenvalue weighted by Crippen LogP contribution is 2.26. The van der Waals surface area contributed by atoms with Crippen molar-refractivity contribution < 1.29 is 9.32 Å². The summed E-state index contributed by atoms with van der Waals surface area (Å²) in [5.74, 6) is 0.383. The van der Waals surface area contributed by atoms with E-state index in [-0.39, 0.29) is 6.03 Å². The second kappa shape index (κ2) is 3.82. The van der Waals surface area contributed by atoms with E-state index in [0.717, 1.165) is 9.69 Å². The molecule has 0 saturated heterocycles. The standard InChI is InChI=1S/C9H9N3O2S/c1-10-9(13)12(15)8-6-4-2-3-5-7(6)14-11-8/h2-5,15H,1H3,(H,10,13). The minimum Gasteiger partial charge on any atom is -0.354 e. The van der Waals surface area contributed by atoms with E-state index in [9.17, 15) is 4.79 Å². The van der Waals surface area contributed by atoms with Crippen molar-refractivity contribution in [2.24, 2.45) is 0 Å². The maximum Gasteiger partial charge on any atom is 0.333 e. The van der Waals surface area contributed by atoms with Crippen molar-refractivity contribution in [1.82, 2.24) is 10.5 Å². The number of thiol groups is 1. The van der Waals surface area contributed by atoms with Gasteiger partial charge in [-0.1, -0.05) is 30.1 Å². The Hall–Kier alpha value is -1.69. The molecule has 1 N–H and O–H groups in total. The third-order valence-corrected chi connectivity index (χ3v) is 2.34. The number of amides is 2. The van der Waals surface area contributed by atoms with Crippen LogP contribution in [0.2, 0.25) is 0 Å². The molecule has 0 atom stereocenters. The Bertz CT molecular complexity index is 497. The number of carbonyl (C=O) groups excluding carboxylic acids is 1. The predicted octanol–water partition coefficient (Wildman–Crippen LogP) is 1.82. The summed E-state index contributed by atoms with van der Waals surface area (Å²) in [5.41, 5.74) is 0.621. The summed E-state index contributed by atoms with van der Waals surface area (Å²) in [5, 5.41) is 6.97. The van der Waals surface area contributed by atoms with Gasteiger partial charge in [0.1, 0.15) is 0 Å². The number of fused-ring (bicyclic) bond motifs is 1. The van der Waals surface area contributed by atoms with Gasteiger partial charge in [-0.05, 0) is 12.1 Å². The second-order valence-corrected chi connectivity index (χ2v) is 3.27. The molecule has 5 nitrogen and oxygen atoms in total. The molecule has 0 saturated carbocycles. The Morgan fingerprint density at radius 1 is 1.53 bits per heavy atom. The van der Waals surface area contributed by atoms with Crippen molar-refractivity contribution in [1.29, 1.82) is 0 Å². The van der Waals surface area contributed by atoms with Gasteiger partial charge in [-0.2, -0.15) is 0 Å². The Balaban J connectivity index is 2.48. The molecule has 2 amide bonds. The lowest BCUT2D eigenvalue weighted by Gasteiger charge is -2.10. The van der Waals surface area contributed by atoms with Crippen LogP contribution in [-0.4, -0.2) is 18.2 Å². The zero-order valence-corrected chi connectivity index (χ0v) is 8.86. The lowest BCUT2D eigenvalue weighted by Crippen LogP contribution is -2.31. The van der Waals surface area contributed by atoms with Crippen molar-refractivity contribution in [3.05, 3.63) is 24.3 Å². The minimum atomic E-state index is -0.364. The number of hydrogen-bond acceptors (Lipinski definition) is 4. The number of nitrogens with one attached hydrogen (secondary N) is 1. The first-order valence-corrected chi connectivity index (χ1v) is 4.69. The molecule has 0 bridgehead atoms. The van der Waals surface area contributed by atoms with Crippen molar-refractivity contribution in [3.8, 4) is 0 Å². The monoisotopic (exact) mass is 223 g/mol. The molecule has 1 aromatic carbocycles. The van der Waals surface area contributed by atoms with Crippen LogP contribution in [0.3, 0.4) is 0 Å². The third-order valence-electron chi connectivity index (χ3n) is 1.97. The fraction of sp³-hybridized carbons (Fsp3) is 0.111. The quantitative estimate of drug-likeness (QED) is 0.725. The van der Waals surface area contributed by atoms with Gasteiger partial charge < -0.3 is 9.84 Å². The number of nitrogens with zero attached hydrogens (tertiary/aromatic N) is 2. The summed E-state index contributed by atoms with van der Waals surface area (Å²) >= 11 is 4.04. The number of rotatable bonds is 1. The summed E-state index contributed by atoms with van der Waals surface area (Å²) < 4.78 is 6.15.